The Bertz CT molecular complexity index is 1520. The molecule has 2 atom stereocenters. The normalized spacial score (nSPS) is 15.3. The molecular formula is C31H27ClN2O3S. The summed E-state index contributed by atoms with van der Waals surface area (Å²) in [7, 11) is -1.59. The third-order valence-electron chi connectivity index (χ3n) is 6.59. The van der Waals surface area contributed by atoms with Gasteiger partial charge in [-0.05, 0) is 73.4 Å². The molecule has 4 aromatic rings. The first-order chi connectivity index (χ1) is 18.4. The fraction of sp³-hybridized carbons (Fsp3) is 0.161. The average molecular weight is 543 g/mol. The van der Waals surface area contributed by atoms with E-state index in [9.17, 15) is 13.8 Å². The average Bonchev–Trinajstić information content (AvgIpc) is 3.02. The molecule has 0 saturated carbocycles. The Morgan fingerprint density at radius 3 is 2.42 bits per heavy atom. The van der Waals surface area contributed by atoms with Crippen molar-refractivity contribution in [3.63, 3.8) is 0 Å². The van der Waals surface area contributed by atoms with Gasteiger partial charge in [0, 0.05) is 16.6 Å². The van der Waals surface area contributed by atoms with Gasteiger partial charge in [0.05, 0.1) is 38.4 Å². The van der Waals surface area contributed by atoms with Crippen molar-refractivity contribution in [1.29, 1.82) is 0 Å². The molecule has 7 heteroatoms. The number of carbonyl (C=O) groups excluding carboxylic acids is 2. The Labute approximate surface area is 229 Å². The van der Waals surface area contributed by atoms with Crippen LogP contribution in [0, 0.1) is 0 Å². The smallest absolute Gasteiger partial charge is 0.259 e. The predicted octanol–water partition coefficient (Wildman–Crippen LogP) is 6.42. The number of halogens is 1. The molecule has 0 fully saturated rings. The van der Waals surface area contributed by atoms with Gasteiger partial charge in [0.1, 0.15) is 0 Å². The Morgan fingerprint density at radius 1 is 0.895 bits per heavy atom. The summed E-state index contributed by atoms with van der Waals surface area (Å²) >= 11 is 6.21. The number of hydrogen-bond acceptors (Lipinski definition) is 3. The molecule has 0 spiro atoms. The fourth-order valence-corrected chi connectivity index (χ4v) is 6.14. The zero-order valence-electron chi connectivity index (χ0n) is 20.9. The van der Waals surface area contributed by atoms with Crippen molar-refractivity contribution in [2.24, 2.45) is 0 Å². The number of fused-ring (bicyclic) bond motifs is 2. The minimum Gasteiger partial charge on any atom is -0.350 e. The van der Waals surface area contributed by atoms with Gasteiger partial charge in [-0.25, -0.2) is 4.21 Å². The maximum Gasteiger partial charge on any atom is 0.259 e. The zero-order chi connectivity index (χ0) is 26.6. The summed E-state index contributed by atoms with van der Waals surface area (Å²) in [5.41, 5.74) is 3.28. The topological polar surface area (TPSA) is 66.5 Å². The largest absolute Gasteiger partial charge is 0.350 e. The molecule has 1 aliphatic heterocycles. The van der Waals surface area contributed by atoms with E-state index in [4.69, 9.17) is 11.6 Å². The van der Waals surface area contributed by atoms with Crippen LogP contribution in [0.2, 0.25) is 5.02 Å². The van der Waals surface area contributed by atoms with Crippen LogP contribution in [-0.2, 0) is 23.8 Å². The van der Waals surface area contributed by atoms with Gasteiger partial charge >= 0.3 is 0 Å². The van der Waals surface area contributed by atoms with Gasteiger partial charge in [0.25, 0.3) is 11.8 Å². The third-order valence-corrected chi connectivity index (χ3v) is 8.33. The molecule has 192 valence electrons. The zero-order valence-corrected chi connectivity index (χ0v) is 22.5. The lowest BCUT2D eigenvalue weighted by atomic mass is 10.1. The standard InChI is InChI=1S/C31H27ClN2O3S/c1-21(14-15-22-8-3-2-4-9-22)33-30(35)24-16-17-29-27(19-24)34(20-23-10-7-11-25(32)18-23)31(36)26-12-5-6-13-28(26)38(29)37/h2-13,16-19,21H,14-15,20H2,1H3,(H,33,35)/t21-,38+/m0/s1. The van der Waals surface area contributed by atoms with Gasteiger partial charge < -0.3 is 10.2 Å². The number of benzene rings is 4. The summed E-state index contributed by atoms with van der Waals surface area (Å²) < 4.78 is 13.6. The van der Waals surface area contributed by atoms with Crippen molar-refractivity contribution < 1.29 is 13.8 Å². The lowest BCUT2D eigenvalue weighted by molar-refractivity contribution is 0.0935. The van der Waals surface area contributed by atoms with E-state index in [-0.39, 0.29) is 24.4 Å². The lowest BCUT2D eigenvalue weighted by Crippen LogP contribution is -2.33. The molecule has 1 aliphatic rings. The summed E-state index contributed by atoms with van der Waals surface area (Å²) in [6.07, 6.45) is 1.64. The van der Waals surface area contributed by atoms with Gasteiger partial charge in [0.2, 0.25) is 0 Å². The molecule has 0 aromatic heterocycles. The summed E-state index contributed by atoms with van der Waals surface area (Å²) in [5.74, 6) is -0.516. The van der Waals surface area contributed by atoms with Crippen molar-refractivity contribution in [3.05, 3.63) is 124 Å². The Balaban J connectivity index is 1.45. The van der Waals surface area contributed by atoms with Crippen LogP contribution in [0.1, 0.15) is 45.2 Å². The molecule has 1 N–H and O–H groups in total. The highest BCUT2D eigenvalue weighted by Gasteiger charge is 2.31. The van der Waals surface area contributed by atoms with Gasteiger partial charge in [-0.3, -0.25) is 9.59 Å². The van der Waals surface area contributed by atoms with Crippen LogP contribution in [0.5, 0.6) is 0 Å². The first-order valence-corrected chi connectivity index (χ1v) is 14.0. The van der Waals surface area contributed by atoms with Crippen LogP contribution in [0.4, 0.5) is 5.69 Å². The number of nitrogens with one attached hydrogen (secondary N) is 1. The summed E-state index contributed by atoms with van der Waals surface area (Å²) in [5, 5.41) is 3.63. The summed E-state index contributed by atoms with van der Waals surface area (Å²) in [6, 6.07) is 29.3. The Hall–Kier alpha value is -3.74. The van der Waals surface area contributed by atoms with E-state index in [1.54, 1.807) is 59.5 Å². The number of hydrogen-bond donors (Lipinski definition) is 1. The number of anilines is 1. The van der Waals surface area contributed by atoms with Gasteiger partial charge in [0.15, 0.2) is 0 Å². The predicted molar refractivity (Wildman–Crippen MR) is 151 cm³/mol. The van der Waals surface area contributed by atoms with Crippen LogP contribution in [0.25, 0.3) is 0 Å². The highest BCUT2D eigenvalue weighted by atomic mass is 35.5. The minimum atomic E-state index is -1.59. The molecule has 2 amide bonds. The van der Waals surface area contributed by atoms with Crippen LogP contribution >= 0.6 is 11.6 Å². The first-order valence-electron chi connectivity index (χ1n) is 12.5. The molecule has 4 aromatic carbocycles. The Morgan fingerprint density at radius 2 is 1.63 bits per heavy atom. The Kier molecular flexibility index (Phi) is 7.72. The highest BCUT2D eigenvalue weighted by molar-refractivity contribution is 7.85. The second-order valence-corrected chi connectivity index (χ2v) is 11.2. The van der Waals surface area contributed by atoms with Gasteiger partial charge in [-0.15, -0.1) is 0 Å². The van der Waals surface area contributed by atoms with E-state index >= 15 is 0 Å². The molecule has 38 heavy (non-hydrogen) atoms. The van der Waals surface area contributed by atoms with Crippen molar-refractivity contribution in [2.45, 2.75) is 42.1 Å². The molecule has 0 unspecified atom stereocenters. The molecule has 5 nitrogen and oxygen atoms in total. The van der Waals surface area contributed by atoms with Gasteiger partial charge in [-0.1, -0.05) is 66.2 Å². The fourth-order valence-electron chi connectivity index (χ4n) is 4.59. The van der Waals surface area contributed by atoms with Gasteiger partial charge in [-0.2, -0.15) is 0 Å². The van der Waals surface area contributed by atoms with E-state index in [1.807, 2.05) is 37.3 Å². The van der Waals surface area contributed by atoms with E-state index < -0.39 is 10.8 Å². The van der Waals surface area contributed by atoms with E-state index in [0.717, 1.165) is 18.4 Å². The van der Waals surface area contributed by atoms with Crippen LogP contribution in [-0.4, -0.2) is 22.1 Å². The number of amides is 2. The molecule has 0 bridgehead atoms. The minimum absolute atomic E-state index is 0.0518. The van der Waals surface area contributed by atoms with E-state index in [0.29, 0.717) is 31.6 Å². The van der Waals surface area contributed by atoms with Crippen LogP contribution in [0.3, 0.4) is 0 Å². The molecule has 1 heterocycles. The lowest BCUT2D eigenvalue weighted by Gasteiger charge is -2.24. The molecule has 5 rings (SSSR count). The second-order valence-electron chi connectivity index (χ2n) is 9.37. The molecule has 0 aliphatic carbocycles. The quantitative estimate of drug-likeness (QED) is 0.293. The van der Waals surface area contributed by atoms with Crippen LogP contribution < -0.4 is 10.2 Å². The van der Waals surface area contributed by atoms with Crippen molar-refractivity contribution >= 4 is 39.9 Å². The maximum atomic E-state index is 13.8. The number of carbonyl (C=O) groups is 2. The SMILES string of the molecule is C[C@@H](CCc1ccccc1)NC(=O)c1ccc2c(c1)N(Cc1cccc(Cl)c1)C(=O)c1ccccc1[S@]2=O. The summed E-state index contributed by atoms with van der Waals surface area (Å²) in [4.78, 5) is 29.5. The second kappa shape index (κ2) is 11.3. The molecule has 0 radical (unpaired) electrons. The number of rotatable bonds is 7. The highest BCUT2D eigenvalue weighted by Crippen LogP contribution is 2.36. The van der Waals surface area contributed by atoms with E-state index in [2.05, 4.69) is 17.4 Å². The van der Waals surface area contributed by atoms with Crippen LogP contribution in [0.15, 0.2) is 107 Å². The van der Waals surface area contributed by atoms with Crippen molar-refractivity contribution in [3.8, 4) is 0 Å². The monoisotopic (exact) mass is 542 g/mol. The van der Waals surface area contributed by atoms with Crippen molar-refractivity contribution in [1.82, 2.24) is 5.32 Å². The first kappa shape index (κ1) is 25.9. The number of aryl methyl sites for hydroxylation is 1. The maximum absolute atomic E-state index is 13.8. The molecule has 0 saturated heterocycles. The molecular weight excluding hydrogens is 516 g/mol. The van der Waals surface area contributed by atoms with Crippen molar-refractivity contribution in [2.75, 3.05) is 4.90 Å². The number of nitrogens with zero attached hydrogens (tertiary/aromatic N) is 1. The third kappa shape index (κ3) is 5.57. The van der Waals surface area contributed by atoms with E-state index in [1.165, 1.54) is 5.56 Å². The summed E-state index contributed by atoms with van der Waals surface area (Å²) in [6.45, 7) is 2.20.